The Morgan fingerprint density at radius 3 is 2.29 bits per heavy atom. The molecule has 0 fully saturated rings. The standard InChI is InChI=1S/C25H29N5O/c1-4-29(5-2)16-15-26-24-17-22(19-9-7-6-8-10-19)27-25-18-23(28-30(24)25)20-11-13-21(31-3)14-12-20/h6-14,17-18,26H,4-5,15-16H2,1-3H3/p+1. The van der Waals surface area contributed by atoms with Gasteiger partial charge in [-0.1, -0.05) is 30.3 Å². The van der Waals surface area contributed by atoms with Gasteiger partial charge in [-0.2, -0.15) is 9.61 Å². The number of ether oxygens (including phenoxy) is 1. The molecule has 160 valence electrons. The van der Waals surface area contributed by atoms with E-state index >= 15 is 0 Å². The number of benzene rings is 2. The number of nitrogens with one attached hydrogen (secondary N) is 2. The third kappa shape index (κ3) is 4.70. The zero-order valence-corrected chi connectivity index (χ0v) is 18.4. The van der Waals surface area contributed by atoms with E-state index in [0.717, 1.165) is 65.9 Å². The molecule has 0 unspecified atom stereocenters. The van der Waals surface area contributed by atoms with E-state index in [0.29, 0.717) is 0 Å². The Kier molecular flexibility index (Phi) is 6.48. The van der Waals surface area contributed by atoms with Crippen molar-refractivity contribution in [3.8, 4) is 28.3 Å². The van der Waals surface area contributed by atoms with Gasteiger partial charge < -0.3 is 15.0 Å². The molecule has 2 aromatic carbocycles. The minimum absolute atomic E-state index is 0.824. The van der Waals surface area contributed by atoms with Crippen molar-refractivity contribution in [1.82, 2.24) is 14.6 Å². The molecule has 0 saturated heterocycles. The van der Waals surface area contributed by atoms with Gasteiger partial charge in [0.25, 0.3) is 0 Å². The Morgan fingerprint density at radius 1 is 0.903 bits per heavy atom. The van der Waals surface area contributed by atoms with Crippen LogP contribution >= 0.6 is 0 Å². The van der Waals surface area contributed by atoms with Crippen LogP contribution in [0, 0.1) is 0 Å². The van der Waals surface area contributed by atoms with Gasteiger partial charge in [-0.3, -0.25) is 0 Å². The van der Waals surface area contributed by atoms with Crippen LogP contribution in [0.2, 0.25) is 0 Å². The predicted octanol–water partition coefficient (Wildman–Crippen LogP) is 3.41. The summed E-state index contributed by atoms with van der Waals surface area (Å²) in [5, 5.41) is 8.45. The molecular formula is C25H30N5O+. The maximum absolute atomic E-state index is 5.28. The van der Waals surface area contributed by atoms with Crippen LogP contribution in [-0.4, -0.2) is 47.9 Å². The number of aromatic nitrogens is 3. The van der Waals surface area contributed by atoms with Crippen LogP contribution in [0.15, 0.2) is 66.7 Å². The summed E-state index contributed by atoms with van der Waals surface area (Å²) in [5.41, 5.74) is 4.77. The van der Waals surface area contributed by atoms with Crippen molar-refractivity contribution >= 4 is 11.5 Å². The van der Waals surface area contributed by atoms with E-state index < -0.39 is 0 Å². The molecule has 4 rings (SSSR count). The third-order valence-electron chi connectivity index (χ3n) is 5.67. The van der Waals surface area contributed by atoms with E-state index in [-0.39, 0.29) is 0 Å². The molecule has 0 aliphatic rings. The summed E-state index contributed by atoms with van der Waals surface area (Å²) < 4.78 is 7.19. The fraction of sp³-hybridized carbons (Fsp3) is 0.280. The van der Waals surface area contributed by atoms with Crippen molar-refractivity contribution in [2.24, 2.45) is 0 Å². The zero-order chi connectivity index (χ0) is 21.6. The van der Waals surface area contributed by atoms with Gasteiger partial charge in [0.2, 0.25) is 0 Å². The van der Waals surface area contributed by atoms with Crippen LogP contribution in [0.4, 0.5) is 5.82 Å². The lowest BCUT2D eigenvalue weighted by molar-refractivity contribution is -0.894. The lowest BCUT2D eigenvalue weighted by Crippen LogP contribution is -3.12. The second kappa shape index (κ2) is 9.62. The Labute approximate surface area is 183 Å². The summed E-state index contributed by atoms with van der Waals surface area (Å²) in [6.07, 6.45) is 0. The van der Waals surface area contributed by atoms with Crippen LogP contribution in [0.25, 0.3) is 28.2 Å². The Bertz CT molecular complexity index is 1120. The highest BCUT2D eigenvalue weighted by Crippen LogP contribution is 2.26. The van der Waals surface area contributed by atoms with Gasteiger partial charge in [0.15, 0.2) is 5.65 Å². The van der Waals surface area contributed by atoms with Crippen molar-refractivity contribution < 1.29 is 9.64 Å². The quantitative estimate of drug-likeness (QED) is 0.439. The Morgan fingerprint density at radius 2 is 1.61 bits per heavy atom. The first-order chi connectivity index (χ1) is 15.2. The van der Waals surface area contributed by atoms with Gasteiger partial charge in [0, 0.05) is 23.3 Å². The lowest BCUT2D eigenvalue weighted by atomic mass is 10.1. The Balaban J connectivity index is 1.71. The monoisotopic (exact) mass is 416 g/mol. The van der Waals surface area contributed by atoms with Gasteiger partial charge in [-0.25, -0.2) is 4.98 Å². The summed E-state index contributed by atoms with van der Waals surface area (Å²) in [5.74, 6) is 1.79. The molecule has 6 heteroatoms. The largest absolute Gasteiger partial charge is 0.497 e. The number of nitrogens with zero attached hydrogens (tertiary/aromatic N) is 3. The fourth-order valence-corrected chi connectivity index (χ4v) is 3.73. The van der Waals surface area contributed by atoms with E-state index in [2.05, 4.69) is 37.4 Å². The molecule has 0 spiro atoms. The average Bonchev–Trinajstić information content (AvgIpc) is 3.27. The van der Waals surface area contributed by atoms with Crippen LogP contribution in [0.1, 0.15) is 13.8 Å². The highest BCUT2D eigenvalue weighted by molar-refractivity contribution is 5.70. The molecule has 0 aliphatic carbocycles. The number of likely N-dealkylation sites (N-methyl/N-ethyl adjacent to an activating group) is 1. The van der Waals surface area contributed by atoms with E-state index in [9.17, 15) is 0 Å². The topological polar surface area (TPSA) is 55.9 Å². The molecule has 0 radical (unpaired) electrons. The maximum atomic E-state index is 5.28. The molecular weight excluding hydrogens is 386 g/mol. The van der Waals surface area contributed by atoms with E-state index in [1.165, 1.54) is 0 Å². The van der Waals surface area contributed by atoms with Crippen LogP contribution < -0.4 is 15.0 Å². The van der Waals surface area contributed by atoms with Gasteiger partial charge in [-0.15, -0.1) is 0 Å². The number of methoxy groups -OCH3 is 1. The number of rotatable bonds is 9. The second-order valence-electron chi connectivity index (χ2n) is 7.55. The number of quaternary nitrogens is 1. The zero-order valence-electron chi connectivity index (χ0n) is 18.4. The van der Waals surface area contributed by atoms with E-state index in [4.69, 9.17) is 14.8 Å². The summed E-state index contributed by atoms with van der Waals surface area (Å²) >= 11 is 0. The molecule has 0 amide bonds. The van der Waals surface area contributed by atoms with Crippen molar-refractivity contribution in [2.45, 2.75) is 13.8 Å². The Hall–Kier alpha value is -3.38. The van der Waals surface area contributed by atoms with Gasteiger partial charge in [0.1, 0.15) is 11.6 Å². The van der Waals surface area contributed by atoms with Crippen LogP contribution in [-0.2, 0) is 0 Å². The third-order valence-corrected chi connectivity index (χ3v) is 5.67. The number of hydrogen-bond donors (Lipinski definition) is 2. The summed E-state index contributed by atoms with van der Waals surface area (Å²) in [6, 6.07) is 22.4. The molecule has 2 heterocycles. The molecule has 0 atom stereocenters. The van der Waals surface area contributed by atoms with Crippen molar-refractivity contribution in [2.75, 3.05) is 38.6 Å². The van der Waals surface area contributed by atoms with Crippen LogP contribution in [0.3, 0.4) is 0 Å². The smallest absolute Gasteiger partial charge is 0.158 e. The molecule has 2 aromatic heterocycles. The SMILES string of the molecule is CC[NH+](CC)CCNc1cc(-c2ccccc2)nc2cc(-c3ccc(OC)cc3)nn12. The predicted molar refractivity (Wildman–Crippen MR) is 126 cm³/mol. The molecule has 0 bridgehead atoms. The number of fused-ring (bicyclic) bond motifs is 1. The van der Waals surface area contributed by atoms with Crippen molar-refractivity contribution in [1.29, 1.82) is 0 Å². The average molecular weight is 417 g/mol. The first-order valence-electron chi connectivity index (χ1n) is 10.9. The number of hydrogen-bond acceptors (Lipinski definition) is 4. The lowest BCUT2D eigenvalue weighted by Gasteiger charge is -2.16. The van der Waals surface area contributed by atoms with Gasteiger partial charge in [0.05, 0.1) is 44.7 Å². The van der Waals surface area contributed by atoms with Gasteiger partial charge >= 0.3 is 0 Å². The van der Waals surface area contributed by atoms with Crippen molar-refractivity contribution in [3.63, 3.8) is 0 Å². The minimum Gasteiger partial charge on any atom is -0.497 e. The first-order valence-corrected chi connectivity index (χ1v) is 10.9. The molecule has 4 aromatic rings. The summed E-state index contributed by atoms with van der Waals surface area (Å²) in [6.45, 7) is 8.65. The second-order valence-corrected chi connectivity index (χ2v) is 7.55. The van der Waals surface area contributed by atoms with Crippen LogP contribution in [0.5, 0.6) is 5.75 Å². The number of anilines is 1. The summed E-state index contributed by atoms with van der Waals surface area (Å²) in [4.78, 5) is 6.46. The first kappa shape index (κ1) is 20.9. The molecule has 31 heavy (non-hydrogen) atoms. The normalized spacial score (nSPS) is 11.2. The van der Waals surface area contributed by atoms with Crippen molar-refractivity contribution in [3.05, 3.63) is 66.7 Å². The highest BCUT2D eigenvalue weighted by Gasteiger charge is 2.13. The van der Waals surface area contributed by atoms with Gasteiger partial charge in [-0.05, 0) is 38.1 Å². The van der Waals surface area contributed by atoms with E-state index in [1.54, 1.807) is 12.0 Å². The fourth-order valence-electron chi connectivity index (χ4n) is 3.73. The summed E-state index contributed by atoms with van der Waals surface area (Å²) in [7, 11) is 1.67. The minimum atomic E-state index is 0.824. The molecule has 6 nitrogen and oxygen atoms in total. The maximum Gasteiger partial charge on any atom is 0.158 e. The van der Waals surface area contributed by atoms with E-state index in [1.807, 2.05) is 53.0 Å². The highest BCUT2D eigenvalue weighted by atomic mass is 16.5. The molecule has 0 saturated carbocycles. The molecule has 2 N–H and O–H groups in total. The molecule has 0 aliphatic heterocycles.